The van der Waals surface area contributed by atoms with Gasteiger partial charge in [0.1, 0.15) is 0 Å². The summed E-state index contributed by atoms with van der Waals surface area (Å²) in [4.78, 5) is 12.3. The molecule has 0 N–H and O–H groups in total. The van der Waals surface area contributed by atoms with Gasteiger partial charge in [-0.1, -0.05) is 36.4 Å². The number of methoxy groups -OCH3 is 3. The minimum absolute atomic E-state index is 0.156. The van der Waals surface area contributed by atoms with Crippen molar-refractivity contribution in [3.05, 3.63) is 83.4 Å². The molecule has 0 aromatic heterocycles. The molecule has 0 aliphatic carbocycles. The number of carbonyl (C=O) groups excluding carboxylic acids is 1. The average molecular weight is 429 g/mol. The molecule has 0 bridgehead atoms. The summed E-state index contributed by atoms with van der Waals surface area (Å²) in [6.07, 6.45) is 1.88. The Hall–Kier alpha value is -4.24. The van der Waals surface area contributed by atoms with Gasteiger partial charge in [-0.25, -0.2) is 0 Å². The summed E-state index contributed by atoms with van der Waals surface area (Å²) in [5.74, 6) is 1.43. The summed E-state index contributed by atoms with van der Waals surface area (Å²) in [6.45, 7) is 0. The molecule has 0 fully saturated rings. The first-order chi connectivity index (χ1) is 15.6. The minimum atomic E-state index is -0.388. The van der Waals surface area contributed by atoms with Gasteiger partial charge in [-0.15, -0.1) is 0 Å². The fourth-order valence-electron chi connectivity index (χ4n) is 3.13. The Balaban J connectivity index is 1.83. The molecular formula is C26H23NO5. The molecule has 0 atom stereocenters. The minimum Gasteiger partial charge on any atom is -0.493 e. The maximum atomic E-state index is 12.3. The summed E-state index contributed by atoms with van der Waals surface area (Å²) in [5.41, 5.74) is 2.70. The number of esters is 1. The van der Waals surface area contributed by atoms with E-state index in [2.05, 4.69) is 6.07 Å². The predicted octanol–water partition coefficient (Wildman–Crippen LogP) is 4.92. The van der Waals surface area contributed by atoms with Gasteiger partial charge < -0.3 is 18.9 Å². The Labute approximate surface area is 187 Å². The zero-order valence-electron chi connectivity index (χ0n) is 18.1. The van der Waals surface area contributed by atoms with Crippen molar-refractivity contribution in [3.8, 4) is 29.1 Å². The normalized spacial score (nSPS) is 10.8. The van der Waals surface area contributed by atoms with Gasteiger partial charge in [0, 0.05) is 0 Å². The van der Waals surface area contributed by atoms with Gasteiger partial charge in [-0.05, 0) is 53.1 Å². The summed E-state index contributed by atoms with van der Waals surface area (Å²) in [6, 6.07) is 22.0. The van der Waals surface area contributed by atoms with Crippen LogP contribution in [0.4, 0.5) is 0 Å². The zero-order valence-corrected chi connectivity index (χ0v) is 18.1. The third-order valence-corrected chi connectivity index (χ3v) is 4.73. The SMILES string of the molecule is COc1ccc(/C(C#N)=C\c2ccc(OC(=O)Cc3ccccc3)c(OC)c2)cc1OC. The highest BCUT2D eigenvalue weighted by Crippen LogP contribution is 2.33. The maximum absolute atomic E-state index is 12.3. The van der Waals surface area contributed by atoms with Gasteiger partial charge in [-0.2, -0.15) is 5.26 Å². The van der Waals surface area contributed by atoms with Crippen molar-refractivity contribution in [3.63, 3.8) is 0 Å². The number of hydrogen-bond donors (Lipinski definition) is 0. The van der Waals surface area contributed by atoms with Crippen LogP contribution in [0.5, 0.6) is 23.0 Å². The van der Waals surface area contributed by atoms with Gasteiger partial charge >= 0.3 is 5.97 Å². The lowest BCUT2D eigenvalue weighted by atomic mass is 10.0. The van der Waals surface area contributed by atoms with Crippen LogP contribution >= 0.6 is 0 Å². The molecule has 0 aliphatic rings. The lowest BCUT2D eigenvalue weighted by molar-refractivity contribution is -0.133. The molecule has 6 heteroatoms. The standard InChI is InChI=1S/C26H23NO5/c1-29-22-12-10-20(16-25(22)31-3)21(17-27)13-19-9-11-23(24(14-19)30-2)32-26(28)15-18-7-5-4-6-8-18/h4-14,16H,15H2,1-3H3/b21-13-. The number of nitriles is 1. The highest BCUT2D eigenvalue weighted by molar-refractivity contribution is 5.90. The van der Waals surface area contributed by atoms with Crippen LogP contribution in [0.15, 0.2) is 66.7 Å². The highest BCUT2D eigenvalue weighted by atomic mass is 16.6. The molecule has 0 spiro atoms. The first-order valence-corrected chi connectivity index (χ1v) is 9.84. The molecule has 162 valence electrons. The maximum Gasteiger partial charge on any atom is 0.315 e. The molecule has 3 aromatic carbocycles. The number of benzene rings is 3. The fourth-order valence-corrected chi connectivity index (χ4v) is 3.13. The first kappa shape index (κ1) is 22.4. The van der Waals surface area contributed by atoms with Crippen molar-refractivity contribution < 1.29 is 23.7 Å². The van der Waals surface area contributed by atoms with Crippen LogP contribution in [0.3, 0.4) is 0 Å². The van der Waals surface area contributed by atoms with Gasteiger partial charge in [0.2, 0.25) is 0 Å². The Morgan fingerprint density at radius 3 is 2.16 bits per heavy atom. The summed E-state index contributed by atoms with van der Waals surface area (Å²) in [5, 5.41) is 9.68. The van der Waals surface area contributed by atoms with Crippen LogP contribution < -0.4 is 18.9 Å². The van der Waals surface area contributed by atoms with E-state index in [-0.39, 0.29) is 12.4 Å². The van der Waals surface area contributed by atoms with E-state index in [0.717, 1.165) is 11.1 Å². The zero-order chi connectivity index (χ0) is 22.9. The Morgan fingerprint density at radius 1 is 0.844 bits per heavy atom. The topological polar surface area (TPSA) is 77.8 Å². The third-order valence-electron chi connectivity index (χ3n) is 4.73. The lowest BCUT2D eigenvalue weighted by Gasteiger charge is -2.11. The molecule has 3 aromatic rings. The van der Waals surface area contributed by atoms with Crippen molar-refractivity contribution in [2.75, 3.05) is 21.3 Å². The number of nitrogens with zero attached hydrogens (tertiary/aromatic N) is 1. The van der Waals surface area contributed by atoms with Crippen LogP contribution in [0.1, 0.15) is 16.7 Å². The predicted molar refractivity (Wildman–Crippen MR) is 122 cm³/mol. The monoisotopic (exact) mass is 429 g/mol. The van der Waals surface area contributed by atoms with Crippen LogP contribution in [-0.4, -0.2) is 27.3 Å². The van der Waals surface area contributed by atoms with Gasteiger partial charge in [-0.3, -0.25) is 4.79 Å². The van der Waals surface area contributed by atoms with Crippen molar-refractivity contribution >= 4 is 17.6 Å². The number of allylic oxidation sites excluding steroid dienone is 1. The smallest absolute Gasteiger partial charge is 0.315 e. The number of carbonyl (C=O) groups is 1. The summed E-state index contributed by atoms with van der Waals surface area (Å²) in [7, 11) is 4.59. The highest BCUT2D eigenvalue weighted by Gasteiger charge is 2.13. The summed E-state index contributed by atoms with van der Waals surface area (Å²) >= 11 is 0. The van der Waals surface area contributed by atoms with E-state index in [1.165, 1.54) is 7.11 Å². The third kappa shape index (κ3) is 5.46. The molecule has 0 saturated heterocycles. The van der Waals surface area contributed by atoms with Gasteiger partial charge in [0.25, 0.3) is 0 Å². The van der Waals surface area contributed by atoms with Crippen LogP contribution in [-0.2, 0) is 11.2 Å². The molecule has 6 nitrogen and oxygen atoms in total. The molecule has 3 rings (SSSR count). The van der Waals surface area contributed by atoms with E-state index in [1.54, 1.807) is 56.7 Å². The van der Waals surface area contributed by atoms with Crippen LogP contribution in [0, 0.1) is 11.3 Å². The van der Waals surface area contributed by atoms with Crippen LogP contribution in [0.2, 0.25) is 0 Å². The van der Waals surface area contributed by atoms with Crippen molar-refractivity contribution in [2.45, 2.75) is 6.42 Å². The summed E-state index contributed by atoms with van der Waals surface area (Å²) < 4.78 is 21.5. The molecular weight excluding hydrogens is 406 g/mol. The van der Waals surface area contributed by atoms with E-state index >= 15 is 0 Å². The number of rotatable bonds is 8. The average Bonchev–Trinajstić information content (AvgIpc) is 2.83. The quantitative estimate of drug-likeness (QED) is 0.219. The van der Waals surface area contributed by atoms with Crippen molar-refractivity contribution in [2.24, 2.45) is 0 Å². The second-order valence-corrected chi connectivity index (χ2v) is 6.79. The van der Waals surface area contributed by atoms with E-state index in [9.17, 15) is 10.1 Å². The number of hydrogen-bond acceptors (Lipinski definition) is 6. The molecule has 0 saturated carbocycles. The second kappa shape index (κ2) is 10.7. The van der Waals surface area contributed by atoms with Crippen molar-refractivity contribution in [1.82, 2.24) is 0 Å². The second-order valence-electron chi connectivity index (χ2n) is 6.79. The molecule has 0 heterocycles. The van der Waals surface area contributed by atoms with Crippen LogP contribution in [0.25, 0.3) is 11.6 Å². The Kier molecular flexibility index (Phi) is 7.50. The Bertz CT molecular complexity index is 1160. The first-order valence-electron chi connectivity index (χ1n) is 9.84. The van der Waals surface area contributed by atoms with E-state index in [0.29, 0.717) is 34.1 Å². The van der Waals surface area contributed by atoms with E-state index in [1.807, 2.05) is 30.3 Å². The van der Waals surface area contributed by atoms with E-state index < -0.39 is 0 Å². The van der Waals surface area contributed by atoms with Gasteiger partial charge in [0.05, 0.1) is 39.4 Å². The molecule has 0 amide bonds. The molecule has 0 aliphatic heterocycles. The van der Waals surface area contributed by atoms with E-state index in [4.69, 9.17) is 18.9 Å². The van der Waals surface area contributed by atoms with Gasteiger partial charge in [0.15, 0.2) is 23.0 Å². The largest absolute Gasteiger partial charge is 0.493 e. The lowest BCUT2D eigenvalue weighted by Crippen LogP contribution is -2.11. The molecule has 32 heavy (non-hydrogen) atoms. The molecule has 0 radical (unpaired) electrons. The fraction of sp³-hybridized carbons (Fsp3) is 0.154. The Morgan fingerprint density at radius 2 is 1.50 bits per heavy atom. The molecule has 0 unspecified atom stereocenters. The van der Waals surface area contributed by atoms with Crippen molar-refractivity contribution in [1.29, 1.82) is 5.26 Å². The number of ether oxygens (including phenoxy) is 4.